The summed E-state index contributed by atoms with van der Waals surface area (Å²) in [5.74, 6) is 0.575. The van der Waals surface area contributed by atoms with E-state index in [1.807, 2.05) is 25.7 Å². The second kappa shape index (κ2) is 4.42. The summed E-state index contributed by atoms with van der Waals surface area (Å²) in [5, 5.41) is 0. The maximum Gasteiger partial charge on any atom is 0.410 e. The highest BCUT2D eigenvalue weighted by Gasteiger charge is 2.31. The molecule has 0 unspecified atom stereocenters. The van der Waals surface area contributed by atoms with E-state index in [-0.39, 0.29) is 6.09 Å². The van der Waals surface area contributed by atoms with Crippen molar-refractivity contribution in [1.29, 1.82) is 0 Å². The molecule has 1 fully saturated rings. The Kier molecular flexibility index (Phi) is 3.63. The van der Waals surface area contributed by atoms with Gasteiger partial charge in [0.15, 0.2) is 0 Å². The molecule has 1 rings (SSSR count). The van der Waals surface area contributed by atoms with Crippen LogP contribution in [0.3, 0.4) is 0 Å². The fourth-order valence-electron chi connectivity index (χ4n) is 1.91. The Morgan fingerprint density at radius 2 is 1.93 bits per heavy atom. The number of amides is 1. The van der Waals surface area contributed by atoms with Crippen LogP contribution >= 0.6 is 0 Å². The van der Waals surface area contributed by atoms with Crippen molar-refractivity contribution >= 4 is 6.09 Å². The van der Waals surface area contributed by atoms with Gasteiger partial charge in [0.2, 0.25) is 0 Å². The van der Waals surface area contributed by atoms with Crippen molar-refractivity contribution in [3.05, 3.63) is 0 Å². The second-order valence-corrected chi connectivity index (χ2v) is 5.53. The minimum Gasteiger partial charge on any atom is -0.444 e. The van der Waals surface area contributed by atoms with Crippen molar-refractivity contribution < 1.29 is 9.53 Å². The van der Waals surface area contributed by atoms with Gasteiger partial charge in [-0.05, 0) is 46.5 Å². The molecule has 1 heterocycles. The van der Waals surface area contributed by atoms with Crippen LogP contribution in [0, 0.1) is 5.92 Å². The quantitative estimate of drug-likeness (QED) is 0.619. The monoisotopic (exact) mass is 213 g/mol. The Bertz CT molecular complexity index is 232. The molecule has 0 bridgehead atoms. The Morgan fingerprint density at radius 1 is 1.33 bits per heavy atom. The topological polar surface area (TPSA) is 29.5 Å². The lowest BCUT2D eigenvalue weighted by Gasteiger charge is -2.38. The van der Waals surface area contributed by atoms with Gasteiger partial charge in [0, 0.05) is 12.6 Å². The Labute approximate surface area is 92.8 Å². The van der Waals surface area contributed by atoms with Crippen LogP contribution in [0.1, 0.15) is 47.5 Å². The average molecular weight is 213 g/mol. The Balaban J connectivity index is 2.59. The van der Waals surface area contributed by atoms with Crippen molar-refractivity contribution in [2.75, 3.05) is 6.54 Å². The highest BCUT2D eigenvalue weighted by atomic mass is 16.6. The van der Waals surface area contributed by atoms with Crippen molar-refractivity contribution in [3.63, 3.8) is 0 Å². The molecular formula is C12H23NO2. The van der Waals surface area contributed by atoms with Crippen LogP contribution in [0.5, 0.6) is 0 Å². The lowest BCUT2D eigenvalue weighted by molar-refractivity contribution is 0.00465. The third-order valence-corrected chi connectivity index (χ3v) is 3.00. The number of likely N-dealkylation sites (tertiary alicyclic amines) is 1. The lowest BCUT2D eigenvalue weighted by atomic mass is 9.92. The van der Waals surface area contributed by atoms with Crippen LogP contribution in [0.2, 0.25) is 0 Å². The molecule has 1 amide bonds. The van der Waals surface area contributed by atoms with E-state index in [0.29, 0.717) is 12.0 Å². The van der Waals surface area contributed by atoms with Crippen LogP contribution in [0.4, 0.5) is 4.79 Å². The van der Waals surface area contributed by atoms with Gasteiger partial charge in [-0.25, -0.2) is 4.79 Å². The maximum atomic E-state index is 11.9. The largest absolute Gasteiger partial charge is 0.444 e. The van der Waals surface area contributed by atoms with E-state index >= 15 is 0 Å². The third-order valence-electron chi connectivity index (χ3n) is 3.00. The van der Waals surface area contributed by atoms with Gasteiger partial charge in [0.1, 0.15) is 5.60 Å². The maximum absolute atomic E-state index is 11.9. The number of piperidine rings is 1. The molecule has 0 aromatic rings. The minimum atomic E-state index is -0.391. The molecule has 1 aliphatic heterocycles. The molecule has 3 heteroatoms. The molecule has 1 saturated heterocycles. The summed E-state index contributed by atoms with van der Waals surface area (Å²) >= 11 is 0. The first-order valence-electron chi connectivity index (χ1n) is 5.81. The number of nitrogens with zero attached hydrogens (tertiary/aromatic N) is 1. The average Bonchev–Trinajstić information content (AvgIpc) is 2.06. The summed E-state index contributed by atoms with van der Waals surface area (Å²) in [7, 11) is 0. The van der Waals surface area contributed by atoms with Crippen molar-refractivity contribution in [2.45, 2.75) is 59.1 Å². The first-order valence-corrected chi connectivity index (χ1v) is 5.81. The first-order chi connectivity index (χ1) is 6.81. The number of hydrogen-bond acceptors (Lipinski definition) is 2. The predicted molar refractivity (Wildman–Crippen MR) is 60.8 cm³/mol. The van der Waals surface area contributed by atoms with Crippen LogP contribution < -0.4 is 0 Å². The van der Waals surface area contributed by atoms with E-state index in [2.05, 4.69) is 13.8 Å². The summed E-state index contributed by atoms with van der Waals surface area (Å²) < 4.78 is 5.38. The van der Waals surface area contributed by atoms with Gasteiger partial charge < -0.3 is 9.64 Å². The zero-order chi connectivity index (χ0) is 11.6. The summed E-state index contributed by atoms with van der Waals surface area (Å²) in [4.78, 5) is 13.7. The summed E-state index contributed by atoms with van der Waals surface area (Å²) in [5.41, 5.74) is -0.391. The van der Waals surface area contributed by atoms with E-state index in [9.17, 15) is 4.79 Å². The predicted octanol–water partition coefficient (Wildman–Crippen LogP) is 3.04. The summed E-state index contributed by atoms with van der Waals surface area (Å²) in [6, 6.07) is 0.300. The molecule has 0 spiro atoms. The number of carbonyl (C=O) groups is 1. The molecule has 0 N–H and O–H groups in total. The van der Waals surface area contributed by atoms with E-state index in [4.69, 9.17) is 4.74 Å². The number of rotatable bonds is 0. The van der Waals surface area contributed by atoms with Gasteiger partial charge in [-0.15, -0.1) is 0 Å². The van der Waals surface area contributed by atoms with E-state index in [0.717, 1.165) is 13.0 Å². The standard InChI is InChI=1S/C12H23NO2/c1-9-7-6-8-13(10(9)2)11(14)15-12(3,4)5/h9-10H,6-8H2,1-5H3/t9-,10-/m0/s1. The minimum absolute atomic E-state index is 0.165. The van der Waals surface area contributed by atoms with Gasteiger partial charge >= 0.3 is 6.09 Å². The van der Waals surface area contributed by atoms with Crippen LogP contribution in [0.25, 0.3) is 0 Å². The van der Waals surface area contributed by atoms with Crippen molar-refractivity contribution in [1.82, 2.24) is 4.90 Å². The molecule has 0 aromatic heterocycles. The third kappa shape index (κ3) is 3.40. The molecule has 0 radical (unpaired) electrons. The van der Waals surface area contributed by atoms with Crippen molar-refractivity contribution in [3.8, 4) is 0 Å². The van der Waals surface area contributed by atoms with E-state index in [1.54, 1.807) is 0 Å². The Hall–Kier alpha value is -0.730. The Morgan fingerprint density at radius 3 is 2.47 bits per heavy atom. The number of carbonyl (C=O) groups excluding carboxylic acids is 1. The van der Waals surface area contributed by atoms with E-state index < -0.39 is 5.60 Å². The summed E-state index contributed by atoms with van der Waals surface area (Å²) in [6.45, 7) is 10.9. The molecule has 2 atom stereocenters. The molecule has 15 heavy (non-hydrogen) atoms. The SMILES string of the molecule is C[C@H]1CCCN(C(=O)OC(C)(C)C)[C@H]1C. The van der Waals surface area contributed by atoms with Crippen LogP contribution in [0.15, 0.2) is 0 Å². The fourth-order valence-corrected chi connectivity index (χ4v) is 1.91. The summed E-state index contributed by atoms with van der Waals surface area (Å²) in [6.07, 6.45) is 2.13. The molecule has 0 saturated carbocycles. The molecule has 0 aliphatic carbocycles. The van der Waals surface area contributed by atoms with Gasteiger partial charge in [-0.2, -0.15) is 0 Å². The van der Waals surface area contributed by atoms with Crippen LogP contribution in [-0.4, -0.2) is 29.2 Å². The second-order valence-electron chi connectivity index (χ2n) is 5.53. The van der Waals surface area contributed by atoms with Gasteiger partial charge in [0.05, 0.1) is 0 Å². The lowest BCUT2D eigenvalue weighted by Crippen LogP contribution is -2.47. The van der Waals surface area contributed by atoms with Crippen LogP contribution in [-0.2, 0) is 4.74 Å². The zero-order valence-electron chi connectivity index (χ0n) is 10.5. The molecule has 3 nitrogen and oxygen atoms in total. The molecule has 0 aromatic carbocycles. The van der Waals surface area contributed by atoms with Gasteiger partial charge in [-0.1, -0.05) is 6.92 Å². The normalized spacial score (nSPS) is 27.7. The highest BCUT2D eigenvalue weighted by molar-refractivity contribution is 5.68. The van der Waals surface area contributed by atoms with E-state index in [1.165, 1.54) is 6.42 Å². The van der Waals surface area contributed by atoms with Gasteiger partial charge in [-0.3, -0.25) is 0 Å². The molecule has 88 valence electrons. The number of ether oxygens (including phenoxy) is 1. The number of hydrogen-bond donors (Lipinski definition) is 0. The molecule has 1 aliphatic rings. The first kappa shape index (κ1) is 12.3. The zero-order valence-corrected chi connectivity index (χ0v) is 10.5. The fraction of sp³-hybridized carbons (Fsp3) is 0.917. The van der Waals surface area contributed by atoms with Gasteiger partial charge in [0.25, 0.3) is 0 Å². The van der Waals surface area contributed by atoms with Crippen molar-refractivity contribution in [2.24, 2.45) is 5.92 Å². The molecular weight excluding hydrogens is 190 g/mol. The highest BCUT2D eigenvalue weighted by Crippen LogP contribution is 2.24. The smallest absolute Gasteiger partial charge is 0.410 e.